The van der Waals surface area contributed by atoms with Crippen molar-refractivity contribution in [1.29, 1.82) is 0 Å². The summed E-state index contributed by atoms with van der Waals surface area (Å²) in [5.41, 5.74) is 2.19. The van der Waals surface area contributed by atoms with Crippen LogP contribution in [0.2, 0.25) is 0 Å². The summed E-state index contributed by atoms with van der Waals surface area (Å²) in [5.74, 6) is -0.476. The Morgan fingerprint density at radius 3 is 2.57 bits per heavy atom. The number of aliphatic imine (C=N–C) groups is 1. The molecule has 2 aromatic carbocycles. The number of amides is 2. The lowest BCUT2D eigenvalue weighted by Crippen LogP contribution is -2.44. The van der Waals surface area contributed by atoms with Crippen molar-refractivity contribution in [1.82, 2.24) is 5.32 Å². The van der Waals surface area contributed by atoms with Crippen molar-refractivity contribution in [3.8, 4) is 5.75 Å². The molecule has 2 unspecified atom stereocenters. The lowest BCUT2D eigenvalue weighted by atomic mass is 9.88. The van der Waals surface area contributed by atoms with Gasteiger partial charge in [-0.3, -0.25) is 4.79 Å². The lowest BCUT2D eigenvalue weighted by Gasteiger charge is -2.30. The van der Waals surface area contributed by atoms with Gasteiger partial charge in [-0.1, -0.05) is 55.5 Å². The fraction of sp³-hybridized carbons (Fsp3) is 0.318. The van der Waals surface area contributed by atoms with E-state index in [-0.39, 0.29) is 0 Å². The van der Waals surface area contributed by atoms with Crippen LogP contribution >= 0.6 is 0 Å². The first-order chi connectivity index (χ1) is 13.6. The monoisotopic (exact) mass is 380 g/mol. The van der Waals surface area contributed by atoms with E-state index in [1.807, 2.05) is 61.5 Å². The third-order valence-electron chi connectivity index (χ3n) is 4.53. The molecule has 146 valence electrons. The molecule has 1 heterocycles. The Balaban J connectivity index is 1.88. The molecular weight excluding hydrogens is 356 g/mol. The first-order valence-electron chi connectivity index (χ1n) is 9.38. The summed E-state index contributed by atoms with van der Waals surface area (Å²) in [6.07, 6.45) is 0.725. The van der Waals surface area contributed by atoms with E-state index in [2.05, 4.69) is 10.3 Å². The Hall–Kier alpha value is -3.15. The van der Waals surface area contributed by atoms with Gasteiger partial charge in [-0.25, -0.2) is 9.79 Å². The zero-order valence-electron chi connectivity index (χ0n) is 16.1. The van der Waals surface area contributed by atoms with Crippen molar-refractivity contribution < 1.29 is 19.1 Å². The van der Waals surface area contributed by atoms with Gasteiger partial charge in [-0.15, -0.1) is 0 Å². The summed E-state index contributed by atoms with van der Waals surface area (Å²) >= 11 is 0. The Morgan fingerprint density at radius 1 is 1.11 bits per heavy atom. The fourth-order valence-corrected chi connectivity index (χ4v) is 3.18. The van der Waals surface area contributed by atoms with Gasteiger partial charge in [0.15, 0.2) is 0 Å². The molecule has 0 aromatic heterocycles. The SMILES string of the molecule is CCCOC(=O)C1C(C)=NC(=O)NC1c1ccccc1OCc1ccccc1. The highest BCUT2D eigenvalue weighted by atomic mass is 16.5. The minimum Gasteiger partial charge on any atom is -0.489 e. The number of ether oxygens (including phenoxy) is 2. The van der Waals surface area contributed by atoms with Gasteiger partial charge in [0.05, 0.1) is 12.6 Å². The van der Waals surface area contributed by atoms with Crippen molar-refractivity contribution >= 4 is 17.7 Å². The normalized spacial score (nSPS) is 18.8. The van der Waals surface area contributed by atoms with Crippen LogP contribution in [-0.2, 0) is 16.1 Å². The molecule has 0 spiro atoms. The van der Waals surface area contributed by atoms with Gasteiger partial charge >= 0.3 is 12.0 Å². The summed E-state index contributed by atoms with van der Waals surface area (Å²) in [5, 5.41) is 2.80. The predicted octanol–water partition coefficient (Wildman–Crippen LogP) is 4.06. The van der Waals surface area contributed by atoms with Crippen LogP contribution < -0.4 is 10.1 Å². The molecule has 0 saturated heterocycles. The second-order valence-corrected chi connectivity index (χ2v) is 6.64. The molecule has 1 aliphatic heterocycles. The summed E-state index contributed by atoms with van der Waals surface area (Å²) in [7, 11) is 0. The Bertz CT molecular complexity index is 864. The van der Waals surface area contributed by atoms with E-state index < -0.39 is 24.0 Å². The minimum atomic E-state index is -0.689. The molecule has 0 fully saturated rings. The third kappa shape index (κ3) is 4.57. The van der Waals surface area contributed by atoms with Crippen LogP contribution in [0.3, 0.4) is 0 Å². The number of para-hydroxylation sites is 1. The molecule has 3 rings (SSSR count). The molecule has 6 nitrogen and oxygen atoms in total. The van der Waals surface area contributed by atoms with Gasteiger partial charge in [0.25, 0.3) is 0 Å². The fourth-order valence-electron chi connectivity index (χ4n) is 3.18. The molecule has 1 aliphatic rings. The number of nitrogens with one attached hydrogen (secondary N) is 1. The van der Waals surface area contributed by atoms with E-state index in [0.29, 0.717) is 24.7 Å². The highest BCUT2D eigenvalue weighted by molar-refractivity contribution is 6.08. The van der Waals surface area contributed by atoms with Crippen molar-refractivity contribution in [2.75, 3.05) is 6.61 Å². The molecular formula is C22H24N2O4. The van der Waals surface area contributed by atoms with Crippen molar-refractivity contribution in [2.24, 2.45) is 10.9 Å². The quantitative estimate of drug-likeness (QED) is 0.735. The van der Waals surface area contributed by atoms with Gasteiger partial charge in [-0.05, 0) is 25.0 Å². The summed E-state index contributed by atoms with van der Waals surface area (Å²) in [6, 6.07) is 16.1. The minimum absolute atomic E-state index is 0.329. The standard InChI is InChI=1S/C22H24N2O4/c1-3-13-27-21(25)19-15(2)23-22(26)24-20(19)17-11-7-8-12-18(17)28-14-16-9-5-4-6-10-16/h4-12,19-20H,3,13-14H2,1-2H3,(H,24,26). The zero-order chi connectivity index (χ0) is 19.9. The molecule has 2 amide bonds. The Labute approximate surface area is 164 Å². The van der Waals surface area contributed by atoms with Gasteiger partial charge in [0.1, 0.15) is 18.3 Å². The molecule has 28 heavy (non-hydrogen) atoms. The average Bonchev–Trinajstić information content (AvgIpc) is 2.71. The number of hydrogen-bond donors (Lipinski definition) is 1. The first kappa shape index (κ1) is 19.6. The average molecular weight is 380 g/mol. The number of esters is 1. The summed E-state index contributed by atoms with van der Waals surface area (Å²) in [6.45, 7) is 4.32. The highest BCUT2D eigenvalue weighted by Crippen LogP contribution is 2.34. The van der Waals surface area contributed by atoms with Crippen molar-refractivity contribution in [3.05, 3.63) is 65.7 Å². The van der Waals surface area contributed by atoms with Crippen molar-refractivity contribution in [2.45, 2.75) is 32.9 Å². The summed E-state index contributed by atoms with van der Waals surface area (Å²) in [4.78, 5) is 28.6. The van der Waals surface area contributed by atoms with Crippen LogP contribution in [0.1, 0.15) is 37.4 Å². The maximum absolute atomic E-state index is 12.7. The molecule has 2 aromatic rings. The number of hydrogen-bond acceptors (Lipinski definition) is 4. The maximum atomic E-state index is 12.7. The maximum Gasteiger partial charge on any atom is 0.341 e. The number of nitrogens with zero attached hydrogens (tertiary/aromatic N) is 1. The molecule has 6 heteroatoms. The van der Waals surface area contributed by atoms with Crippen LogP contribution in [0.25, 0.3) is 0 Å². The molecule has 0 bridgehead atoms. The van der Waals surface area contributed by atoms with Crippen LogP contribution in [0, 0.1) is 5.92 Å². The van der Waals surface area contributed by atoms with Crippen LogP contribution in [0.15, 0.2) is 59.6 Å². The van der Waals surface area contributed by atoms with Gasteiger partial charge in [0.2, 0.25) is 0 Å². The number of rotatable bonds is 7. The van der Waals surface area contributed by atoms with E-state index in [1.165, 1.54) is 0 Å². The second-order valence-electron chi connectivity index (χ2n) is 6.64. The van der Waals surface area contributed by atoms with E-state index in [0.717, 1.165) is 17.5 Å². The number of benzene rings is 2. The molecule has 0 aliphatic carbocycles. The number of urea groups is 1. The van der Waals surface area contributed by atoms with Gasteiger partial charge in [-0.2, -0.15) is 0 Å². The third-order valence-corrected chi connectivity index (χ3v) is 4.53. The van der Waals surface area contributed by atoms with Crippen LogP contribution in [0.4, 0.5) is 4.79 Å². The van der Waals surface area contributed by atoms with E-state index >= 15 is 0 Å². The smallest absolute Gasteiger partial charge is 0.341 e. The first-order valence-corrected chi connectivity index (χ1v) is 9.38. The lowest BCUT2D eigenvalue weighted by molar-refractivity contribution is -0.147. The van der Waals surface area contributed by atoms with E-state index in [4.69, 9.17) is 9.47 Å². The van der Waals surface area contributed by atoms with Crippen molar-refractivity contribution in [3.63, 3.8) is 0 Å². The summed E-state index contributed by atoms with van der Waals surface area (Å²) < 4.78 is 11.4. The number of carbonyl (C=O) groups excluding carboxylic acids is 2. The highest BCUT2D eigenvalue weighted by Gasteiger charge is 2.39. The van der Waals surface area contributed by atoms with Gasteiger partial charge < -0.3 is 14.8 Å². The second kappa shape index (κ2) is 9.17. The number of carbonyl (C=O) groups is 2. The molecule has 0 saturated carbocycles. The molecule has 0 radical (unpaired) electrons. The molecule has 1 N–H and O–H groups in total. The van der Waals surface area contributed by atoms with E-state index in [1.54, 1.807) is 6.92 Å². The van der Waals surface area contributed by atoms with E-state index in [9.17, 15) is 9.59 Å². The Kier molecular flexibility index (Phi) is 6.42. The Morgan fingerprint density at radius 2 is 1.82 bits per heavy atom. The predicted molar refractivity (Wildman–Crippen MR) is 106 cm³/mol. The van der Waals surface area contributed by atoms with Gasteiger partial charge in [0, 0.05) is 11.3 Å². The topological polar surface area (TPSA) is 77.0 Å². The molecule has 2 atom stereocenters. The largest absolute Gasteiger partial charge is 0.489 e. The van der Waals surface area contributed by atoms with Crippen LogP contribution in [0.5, 0.6) is 5.75 Å². The zero-order valence-corrected chi connectivity index (χ0v) is 16.1. The van der Waals surface area contributed by atoms with Crippen LogP contribution in [-0.4, -0.2) is 24.3 Å².